The smallest absolute Gasteiger partial charge is 0.272 e. The highest BCUT2D eigenvalue weighted by molar-refractivity contribution is 6.30. The zero-order valence-corrected chi connectivity index (χ0v) is 13.8. The number of anilines is 2. The minimum atomic E-state index is -0.0238. The van der Waals surface area contributed by atoms with Crippen LogP contribution in [0.1, 0.15) is 35.6 Å². The number of nitrogens with one attached hydrogen (secondary N) is 1. The Bertz CT molecular complexity index is 713. The number of aryl methyl sites for hydroxylation is 1. The molecule has 1 aliphatic heterocycles. The highest BCUT2D eigenvalue weighted by Gasteiger charge is 2.20. The lowest BCUT2D eigenvalue weighted by Gasteiger charge is -2.26. The summed E-state index contributed by atoms with van der Waals surface area (Å²) in [5.41, 5.74) is 1.26. The van der Waals surface area contributed by atoms with Crippen LogP contribution in [0, 0.1) is 6.92 Å². The lowest BCUT2D eigenvalue weighted by Crippen LogP contribution is -2.36. The van der Waals surface area contributed by atoms with Gasteiger partial charge in [-0.2, -0.15) is 0 Å². The molecule has 1 fully saturated rings. The van der Waals surface area contributed by atoms with Crippen molar-refractivity contribution in [1.82, 2.24) is 14.9 Å². The number of hydrogen-bond donors (Lipinski definition) is 1. The quantitative estimate of drug-likeness (QED) is 0.929. The molecule has 1 aromatic carbocycles. The zero-order valence-electron chi connectivity index (χ0n) is 13.1. The Labute approximate surface area is 140 Å². The minimum Gasteiger partial charge on any atom is -0.340 e. The molecule has 6 heteroatoms. The van der Waals surface area contributed by atoms with Gasteiger partial charge in [0.2, 0.25) is 0 Å². The van der Waals surface area contributed by atoms with Gasteiger partial charge in [0, 0.05) is 29.9 Å². The van der Waals surface area contributed by atoms with E-state index in [1.165, 1.54) is 6.42 Å². The van der Waals surface area contributed by atoms with E-state index >= 15 is 0 Å². The molecule has 0 atom stereocenters. The Balaban J connectivity index is 1.82. The van der Waals surface area contributed by atoms with Crippen molar-refractivity contribution in [2.24, 2.45) is 0 Å². The molecule has 120 valence electrons. The molecule has 0 saturated carbocycles. The summed E-state index contributed by atoms with van der Waals surface area (Å²) in [7, 11) is 0. The number of carbonyl (C=O) groups excluding carboxylic acids is 1. The van der Waals surface area contributed by atoms with E-state index in [0.717, 1.165) is 31.6 Å². The Kier molecular flexibility index (Phi) is 4.76. The third-order valence-electron chi connectivity index (χ3n) is 3.80. The van der Waals surface area contributed by atoms with Crippen LogP contribution in [0.25, 0.3) is 0 Å². The lowest BCUT2D eigenvalue weighted by molar-refractivity contribution is 0.0718. The number of halogens is 1. The molecular weight excluding hydrogens is 312 g/mol. The number of rotatable bonds is 3. The van der Waals surface area contributed by atoms with Crippen LogP contribution in [0.3, 0.4) is 0 Å². The second-order valence-electron chi connectivity index (χ2n) is 5.67. The van der Waals surface area contributed by atoms with Gasteiger partial charge in [-0.3, -0.25) is 4.79 Å². The van der Waals surface area contributed by atoms with Gasteiger partial charge < -0.3 is 10.2 Å². The van der Waals surface area contributed by atoms with Crippen molar-refractivity contribution in [2.45, 2.75) is 26.2 Å². The van der Waals surface area contributed by atoms with E-state index < -0.39 is 0 Å². The second kappa shape index (κ2) is 6.96. The molecule has 2 heterocycles. The molecule has 5 nitrogen and oxygen atoms in total. The molecule has 1 amide bonds. The second-order valence-corrected chi connectivity index (χ2v) is 6.11. The third kappa shape index (κ3) is 3.99. The number of hydrogen-bond acceptors (Lipinski definition) is 4. The molecule has 0 bridgehead atoms. The zero-order chi connectivity index (χ0) is 16.2. The highest BCUT2D eigenvalue weighted by Crippen LogP contribution is 2.20. The molecule has 23 heavy (non-hydrogen) atoms. The fourth-order valence-electron chi connectivity index (χ4n) is 2.71. The van der Waals surface area contributed by atoms with Gasteiger partial charge >= 0.3 is 0 Å². The van der Waals surface area contributed by atoms with Crippen LogP contribution in [0.2, 0.25) is 5.02 Å². The third-order valence-corrected chi connectivity index (χ3v) is 4.03. The van der Waals surface area contributed by atoms with Crippen molar-refractivity contribution in [3.63, 3.8) is 0 Å². The van der Waals surface area contributed by atoms with Crippen molar-refractivity contribution in [1.29, 1.82) is 0 Å². The molecule has 0 spiro atoms. The van der Waals surface area contributed by atoms with Crippen LogP contribution < -0.4 is 5.32 Å². The summed E-state index contributed by atoms with van der Waals surface area (Å²) in [6.07, 6.45) is 3.31. The number of carbonyl (C=O) groups is 1. The predicted octanol–water partition coefficient (Wildman–Crippen LogP) is 3.81. The maximum atomic E-state index is 12.6. The number of likely N-dealkylation sites (tertiary alicyclic amines) is 1. The highest BCUT2D eigenvalue weighted by atomic mass is 35.5. The van der Waals surface area contributed by atoms with Crippen LogP contribution in [0.4, 0.5) is 11.5 Å². The summed E-state index contributed by atoms with van der Waals surface area (Å²) >= 11 is 5.99. The van der Waals surface area contributed by atoms with Gasteiger partial charge in [-0.25, -0.2) is 9.97 Å². The normalized spacial score (nSPS) is 14.6. The fourth-order valence-corrected chi connectivity index (χ4v) is 2.90. The fraction of sp³-hybridized carbons (Fsp3) is 0.353. The molecule has 0 radical (unpaired) electrons. The van der Waals surface area contributed by atoms with E-state index in [9.17, 15) is 4.79 Å². The van der Waals surface area contributed by atoms with Crippen LogP contribution in [-0.4, -0.2) is 33.9 Å². The Morgan fingerprint density at radius 1 is 1.17 bits per heavy atom. The van der Waals surface area contributed by atoms with Gasteiger partial charge in [0.25, 0.3) is 5.91 Å². The molecule has 1 aromatic heterocycles. The molecule has 1 saturated heterocycles. The van der Waals surface area contributed by atoms with E-state index in [4.69, 9.17) is 11.6 Å². The molecule has 0 unspecified atom stereocenters. The Hall–Kier alpha value is -2.14. The van der Waals surface area contributed by atoms with Gasteiger partial charge in [0.05, 0.1) is 0 Å². The maximum absolute atomic E-state index is 12.6. The van der Waals surface area contributed by atoms with Crippen molar-refractivity contribution in [3.05, 3.63) is 46.9 Å². The first kappa shape index (κ1) is 15.7. The Morgan fingerprint density at radius 2 is 1.96 bits per heavy atom. The van der Waals surface area contributed by atoms with Crippen LogP contribution in [-0.2, 0) is 0 Å². The van der Waals surface area contributed by atoms with Crippen LogP contribution in [0.5, 0.6) is 0 Å². The van der Waals surface area contributed by atoms with Crippen LogP contribution >= 0.6 is 11.6 Å². The van der Waals surface area contributed by atoms with E-state index in [-0.39, 0.29) is 5.91 Å². The summed E-state index contributed by atoms with van der Waals surface area (Å²) in [6, 6.07) is 9.08. The molecule has 0 aliphatic carbocycles. The van der Waals surface area contributed by atoms with Crippen molar-refractivity contribution < 1.29 is 4.79 Å². The van der Waals surface area contributed by atoms with Gasteiger partial charge in [-0.05, 0) is 44.4 Å². The van der Waals surface area contributed by atoms with Crippen molar-refractivity contribution >= 4 is 29.0 Å². The average Bonchev–Trinajstić information content (AvgIpc) is 2.54. The first-order chi connectivity index (χ1) is 11.1. The summed E-state index contributed by atoms with van der Waals surface area (Å²) in [4.78, 5) is 23.1. The Morgan fingerprint density at radius 3 is 2.70 bits per heavy atom. The molecule has 1 N–H and O–H groups in total. The number of aromatic nitrogens is 2. The number of piperidine rings is 1. The first-order valence-electron chi connectivity index (χ1n) is 7.79. The van der Waals surface area contributed by atoms with E-state index in [1.807, 2.05) is 29.2 Å². The summed E-state index contributed by atoms with van der Waals surface area (Å²) < 4.78 is 0. The van der Waals surface area contributed by atoms with Gasteiger partial charge in [0.15, 0.2) is 0 Å². The van der Waals surface area contributed by atoms with Gasteiger partial charge in [0.1, 0.15) is 17.3 Å². The maximum Gasteiger partial charge on any atom is 0.272 e. The van der Waals surface area contributed by atoms with Crippen molar-refractivity contribution in [3.8, 4) is 0 Å². The van der Waals surface area contributed by atoms with Crippen LogP contribution in [0.15, 0.2) is 30.3 Å². The minimum absolute atomic E-state index is 0.0238. The number of amides is 1. The first-order valence-corrected chi connectivity index (χ1v) is 8.17. The van der Waals surface area contributed by atoms with Gasteiger partial charge in [-0.1, -0.05) is 17.7 Å². The largest absolute Gasteiger partial charge is 0.340 e. The monoisotopic (exact) mass is 330 g/mol. The molecule has 1 aliphatic rings. The molecular formula is C17H19ClN4O. The van der Waals surface area contributed by atoms with E-state index in [1.54, 1.807) is 13.0 Å². The lowest BCUT2D eigenvalue weighted by atomic mass is 10.1. The topological polar surface area (TPSA) is 58.1 Å². The summed E-state index contributed by atoms with van der Waals surface area (Å²) in [5, 5.41) is 3.82. The standard InChI is InChI=1S/C17H19ClN4O/c1-12-19-15(17(23)22-8-3-2-4-9-22)11-16(20-12)21-14-7-5-6-13(18)10-14/h5-7,10-11H,2-4,8-9H2,1H3,(H,19,20,21). The summed E-state index contributed by atoms with van der Waals surface area (Å²) in [6.45, 7) is 3.40. The molecule has 3 rings (SSSR count). The van der Waals surface area contributed by atoms with E-state index in [0.29, 0.717) is 22.4 Å². The van der Waals surface area contributed by atoms with E-state index in [2.05, 4.69) is 15.3 Å². The molecule has 2 aromatic rings. The summed E-state index contributed by atoms with van der Waals surface area (Å²) in [5.74, 6) is 1.14. The number of nitrogens with zero attached hydrogens (tertiary/aromatic N) is 3. The SMILES string of the molecule is Cc1nc(Nc2cccc(Cl)c2)cc(C(=O)N2CCCCC2)n1. The predicted molar refractivity (Wildman–Crippen MR) is 91.3 cm³/mol. The number of benzene rings is 1. The van der Waals surface area contributed by atoms with Crippen molar-refractivity contribution in [2.75, 3.05) is 18.4 Å². The average molecular weight is 331 g/mol. The van der Waals surface area contributed by atoms with Gasteiger partial charge in [-0.15, -0.1) is 0 Å².